The number of amides is 1. The number of fused-ring (bicyclic) bond motifs is 1. The Hall–Kier alpha value is -2.53. The Morgan fingerprint density at radius 2 is 2.00 bits per heavy atom. The van der Waals surface area contributed by atoms with Crippen LogP contribution in [0.2, 0.25) is 0 Å². The molecule has 0 saturated heterocycles. The predicted octanol–water partition coefficient (Wildman–Crippen LogP) is 2.56. The summed E-state index contributed by atoms with van der Waals surface area (Å²) in [6.45, 7) is 1.17. The molecule has 5 nitrogen and oxygen atoms in total. The van der Waals surface area contributed by atoms with Crippen LogP contribution in [0.3, 0.4) is 0 Å². The van der Waals surface area contributed by atoms with E-state index in [2.05, 4.69) is 5.32 Å². The molecule has 0 unspecified atom stereocenters. The normalized spacial score (nSPS) is 12.8. The summed E-state index contributed by atoms with van der Waals surface area (Å²) in [5.41, 5.74) is 9.64. The minimum Gasteiger partial charge on any atom is -0.495 e. The lowest BCUT2D eigenvalue weighted by Gasteiger charge is -2.11. The molecule has 0 fully saturated rings. The second kappa shape index (κ2) is 5.46. The summed E-state index contributed by atoms with van der Waals surface area (Å²) < 4.78 is 10.6. The van der Waals surface area contributed by atoms with Crippen molar-refractivity contribution in [2.24, 2.45) is 0 Å². The molecule has 0 aliphatic carbocycles. The van der Waals surface area contributed by atoms with Crippen molar-refractivity contribution in [2.75, 3.05) is 18.2 Å². The highest BCUT2D eigenvalue weighted by molar-refractivity contribution is 6.05. The summed E-state index contributed by atoms with van der Waals surface area (Å²) in [6.07, 6.45) is 0. The molecule has 0 bridgehead atoms. The van der Waals surface area contributed by atoms with E-state index in [1.54, 1.807) is 31.4 Å². The number of nitrogen functional groups attached to an aromatic ring is 1. The van der Waals surface area contributed by atoms with Gasteiger partial charge in [0.25, 0.3) is 5.91 Å². The summed E-state index contributed by atoms with van der Waals surface area (Å²) in [4.78, 5) is 12.3. The minimum absolute atomic E-state index is 0.200. The zero-order chi connectivity index (χ0) is 14.8. The van der Waals surface area contributed by atoms with E-state index in [4.69, 9.17) is 15.2 Å². The first kappa shape index (κ1) is 13.5. The monoisotopic (exact) mass is 284 g/mol. The van der Waals surface area contributed by atoms with E-state index in [0.717, 1.165) is 11.1 Å². The molecule has 0 radical (unpaired) electrons. The second-order valence-electron chi connectivity index (χ2n) is 4.89. The molecule has 108 valence electrons. The van der Waals surface area contributed by atoms with Gasteiger partial charge in [0.1, 0.15) is 5.75 Å². The number of nitrogens with two attached hydrogens (primary N) is 1. The third-order valence-corrected chi connectivity index (χ3v) is 3.46. The van der Waals surface area contributed by atoms with Crippen LogP contribution in [0.15, 0.2) is 36.4 Å². The molecule has 0 saturated carbocycles. The van der Waals surface area contributed by atoms with Crippen LogP contribution in [0.25, 0.3) is 0 Å². The number of carbonyl (C=O) groups excluding carboxylic acids is 1. The first-order chi connectivity index (χ1) is 10.2. The van der Waals surface area contributed by atoms with Crippen molar-refractivity contribution in [2.45, 2.75) is 13.2 Å². The Morgan fingerprint density at radius 3 is 2.81 bits per heavy atom. The standard InChI is InChI=1S/C16H16N2O3/c1-20-15-5-4-13(17)7-14(15)18-16(19)10-2-3-11-8-21-9-12(11)6-10/h2-7H,8-9,17H2,1H3,(H,18,19). The van der Waals surface area contributed by atoms with E-state index in [9.17, 15) is 4.79 Å². The molecule has 1 heterocycles. The summed E-state index contributed by atoms with van der Waals surface area (Å²) in [5, 5.41) is 2.82. The quantitative estimate of drug-likeness (QED) is 0.850. The van der Waals surface area contributed by atoms with Crippen molar-refractivity contribution < 1.29 is 14.3 Å². The van der Waals surface area contributed by atoms with Crippen LogP contribution in [0, 0.1) is 0 Å². The van der Waals surface area contributed by atoms with Crippen LogP contribution >= 0.6 is 0 Å². The molecule has 2 aromatic rings. The number of hydrogen-bond acceptors (Lipinski definition) is 4. The molecule has 0 aromatic heterocycles. The van der Waals surface area contributed by atoms with E-state index in [1.165, 1.54) is 0 Å². The number of anilines is 2. The number of carbonyl (C=O) groups is 1. The molecule has 1 aliphatic heterocycles. The molecular weight excluding hydrogens is 268 g/mol. The predicted molar refractivity (Wildman–Crippen MR) is 80.3 cm³/mol. The van der Waals surface area contributed by atoms with Gasteiger partial charge >= 0.3 is 0 Å². The van der Waals surface area contributed by atoms with Gasteiger partial charge in [-0.3, -0.25) is 4.79 Å². The molecule has 1 aliphatic rings. The van der Waals surface area contributed by atoms with Crippen LogP contribution in [0.5, 0.6) is 5.75 Å². The number of rotatable bonds is 3. The van der Waals surface area contributed by atoms with E-state index < -0.39 is 0 Å². The number of hydrogen-bond donors (Lipinski definition) is 2. The number of benzene rings is 2. The van der Waals surface area contributed by atoms with Crippen molar-refractivity contribution >= 4 is 17.3 Å². The van der Waals surface area contributed by atoms with Crippen molar-refractivity contribution in [1.29, 1.82) is 0 Å². The number of nitrogens with one attached hydrogen (secondary N) is 1. The van der Waals surface area contributed by atoms with Gasteiger partial charge in [0.2, 0.25) is 0 Å². The Labute approximate surface area is 122 Å². The van der Waals surface area contributed by atoms with E-state index >= 15 is 0 Å². The lowest BCUT2D eigenvalue weighted by atomic mass is 10.1. The van der Waals surface area contributed by atoms with Gasteiger partial charge in [0.15, 0.2) is 0 Å². The maximum atomic E-state index is 12.3. The van der Waals surface area contributed by atoms with Crippen molar-refractivity contribution in [3.05, 3.63) is 53.1 Å². The summed E-state index contributed by atoms with van der Waals surface area (Å²) in [6, 6.07) is 10.7. The van der Waals surface area contributed by atoms with Crippen molar-refractivity contribution in [3.63, 3.8) is 0 Å². The SMILES string of the molecule is COc1ccc(N)cc1NC(=O)c1ccc2c(c1)COC2. The van der Waals surface area contributed by atoms with Gasteiger partial charge in [0, 0.05) is 11.3 Å². The van der Waals surface area contributed by atoms with Gasteiger partial charge in [-0.05, 0) is 41.5 Å². The maximum absolute atomic E-state index is 12.3. The average molecular weight is 284 g/mol. The first-order valence-corrected chi connectivity index (χ1v) is 6.62. The van der Waals surface area contributed by atoms with Gasteiger partial charge in [-0.2, -0.15) is 0 Å². The first-order valence-electron chi connectivity index (χ1n) is 6.62. The fourth-order valence-corrected chi connectivity index (χ4v) is 2.33. The Morgan fingerprint density at radius 1 is 1.19 bits per heavy atom. The highest BCUT2D eigenvalue weighted by Gasteiger charge is 2.15. The van der Waals surface area contributed by atoms with E-state index in [1.807, 2.05) is 12.1 Å². The highest BCUT2D eigenvalue weighted by Crippen LogP contribution is 2.27. The molecule has 2 aromatic carbocycles. The van der Waals surface area contributed by atoms with Crippen LogP contribution in [-0.2, 0) is 18.0 Å². The van der Waals surface area contributed by atoms with E-state index in [0.29, 0.717) is 35.9 Å². The molecular formula is C16H16N2O3. The number of methoxy groups -OCH3 is 1. The van der Waals surface area contributed by atoms with E-state index in [-0.39, 0.29) is 5.91 Å². The number of ether oxygens (including phenoxy) is 2. The van der Waals surface area contributed by atoms with Crippen LogP contribution in [0.1, 0.15) is 21.5 Å². The smallest absolute Gasteiger partial charge is 0.255 e. The molecule has 3 N–H and O–H groups in total. The summed E-state index contributed by atoms with van der Waals surface area (Å²) in [7, 11) is 1.55. The van der Waals surface area contributed by atoms with Crippen molar-refractivity contribution in [1.82, 2.24) is 0 Å². The Bertz CT molecular complexity index is 698. The van der Waals surface area contributed by atoms with Crippen LogP contribution in [-0.4, -0.2) is 13.0 Å². The van der Waals surface area contributed by atoms with Crippen LogP contribution < -0.4 is 15.8 Å². The Balaban J connectivity index is 1.85. The fraction of sp³-hybridized carbons (Fsp3) is 0.188. The molecule has 0 spiro atoms. The zero-order valence-electron chi connectivity index (χ0n) is 11.7. The van der Waals surface area contributed by atoms with Crippen molar-refractivity contribution in [3.8, 4) is 5.75 Å². The molecule has 1 amide bonds. The Kier molecular flexibility index (Phi) is 3.50. The molecule has 5 heteroatoms. The zero-order valence-corrected chi connectivity index (χ0v) is 11.7. The fourth-order valence-electron chi connectivity index (χ4n) is 2.33. The topological polar surface area (TPSA) is 73.6 Å². The van der Waals surface area contributed by atoms with Gasteiger partial charge in [-0.25, -0.2) is 0 Å². The maximum Gasteiger partial charge on any atom is 0.255 e. The van der Waals surface area contributed by atoms with Crippen LogP contribution in [0.4, 0.5) is 11.4 Å². The molecule has 3 rings (SSSR count). The summed E-state index contributed by atoms with van der Waals surface area (Å²) >= 11 is 0. The third-order valence-electron chi connectivity index (χ3n) is 3.46. The molecule has 21 heavy (non-hydrogen) atoms. The second-order valence-corrected chi connectivity index (χ2v) is 4.89. The third kappa shape index (κ3) is 2.68. The van der Waals surface area contributed by atoms with Gasteiger partial charge in [0.05, 0.1) is 26.0 Å². The lowest BCUT2D eigenvalue weighted by molar-refractivity contribution is 0.102. The van der Waals surface area contributed by atoms with Gasteiger partial charge in [-0.1, -0.05) is 6.07 Å². The minimum atomic E-state index is -0.200. The average Bonchev–Trinajstić information content (AvgIpc) is 2.94. The lowest BCUT2D eigenvalue weighted by Crippen LogP contribution is -2.13. The van der Waals surface area contributed by atoms with Gasteiger partial charge < -0.3 is 20.5 Å². The molecule has 0 atom stereocenters. The summed E-state index contributed by atoms with van der Waals surface area (Å²) in [5.74, 6) is 0.371. The highest BCUT2D eigenvalue weighted by atomic mass is 16.5. The largest absolute Gasteiger partial charge is 0.495 e. The van der Waals surface area contributed by atoms with Gasteiger partial charge in [-0.15, -0.1) is 0 Å².